The maximum absolute atomic E-state index is 12.7. The van der Waals surface area contributed by atoms with Crippen LogP contribution in [0.5, 0.6) is 0 Å². The average molecular weight is 332 g/mol. The molecule has 0 fully saturated rings. The van der Waals surface area contributed by atoms with Gasteiger partial charge >= 0.3 is 0 Å². The van der Waals surface area contributed by atoms with Crippen molar-refractivity contribution in [3.63, 3.8) is 0 Å². The van der Waals surface area contributed by atoms with Gasteiger partial charge in [0.15, 0.2) is 0 Å². The molecule has 0 aromatic heterocycles. The number of nitrogens with one attached hydrogen (secondary N) is 1. The van der Waals surface area contributed by atoms with Crippen LogP contribution in [0.1, 0.15) is 51.7 Å². The van der Waals surface area contributed by atoms with Gasteiger partial charge in [0.05, 0.1) is 5.41 Å². The van der Waals surface area contributed by atoms with Crippen LogP contribution < -0.4 is 11.1 Å². The standard InChI is InChI=1S/C20H33N3O/c1-5-20(6-2,14-21)18(24)22-15-19(3,4)23-12-11-16-9-7-8-10-17(16)13-23/h7-10H,5-6,11-15,21H2,1-4H3,(H,22,24). The Morgan fingerprint density at radius 2 is 1.83 bits per heavy atom. The van der Waals surface area contributed by atoms with E-state index in [1.807, 2.05) is 13.8 Å². The molecule has 4 nitrogen and oxygen atoms in total. The Labute approximate surface area is 146 Å². The lowest BCUT2D eigenvalue weighted by Crippen LogP contribution is -2.55. The van der Waals surface area contributed by atoms with Crippen molar-refractivity contribution in [2.24, 2.45) is 11.1 Å². The number of benzene rings is 1. The summed E-state index contributed by atoms with van der Waals surface area (Å²) >= 11 is 0. The lowest BCUT2D eigenvalue weighted by atomic mass is 9.81. The average Bonchev–Trinajstić information content (AvgIpc) is 2.61. The Hall–Kier alpha value is -1.39. The summed E-state index contributed by atoms with van der Waals surface area (Å²) in [5, 5.41) is 3.18. The summed E-state index contributed by atoms with van der Waals surface area (Å²) in [7, 11) is 0. The Kier molecular flexibility index (Phi) is 6.05. The van der Waals surface area contributed by atoms with Gasteiger partial charge in [-0.1, -0.05) is 38.1 Å². The minimum Gasteiger partial charge on any atom is -0.354 e. The zero-order valence-electron chi connectivity index (χ0n) is 15.7. The first kappa shape index (κ1) is 18.9. The first-order valence-electron chi connectivity index (χ1n) is 9.18. The topological polar surface area (TPSA) is 58.4 Å². The third-order valence-corrected chi connectivity index (χ3v) is 5.89. The van der Waals surface area contributed by atoms with E-state index in [4.69, 9.17) is 5.73 Å². The number of amides is 1. The molecule has 0 bridgehead atoms. The molecule has 0 saturated carbocycles. The minimum atomic E-state index is -0.426. The summed E-state index contributed by atoms with van der Waals surface area (Å²) in [6, 6.07) is 8.65. The van der Waals surface area contributed by atoms with E-state index in [0.717, 1.165) is 32.4 Å². The third kappa shape index (κ3) is 3.81. The van der Waals surface area contributed by atoms with Gasteiger partial charge in [0.25, 0.3) is 0 Å². The van der Waals surface area contributed by atoms with Crippen molar-refractivity contribution in [3.8, 4) is 0 Å². The summed E-state index contributed by atoms with van der Waals surface area (Å²) in [6.45, 7) is 11.5. The molecular formula is C20H33N3O. The molecule has 1 aliphatic rings. The van der Waals surface area contributed by atoms with Gasteiger partial charge in [-0.05, 0) is 44.2 Å². The maximum atomic E-state index is 12.7. The number of carbonyl (C=O) groups is 1. The van der Waals surface area contributed by atoms with E-state index in [2.05, 4.69) is 48.3 Å². The van der Waals surface area contributed by atoms with Crippen molar-refractivity contribution in [2.45, 2.75) is 59.0 Å². The predicted octanol–water partition coefficient (Wildman–Crippen LogP) is 2.70. The van der Waals surface area contributed by atoms with Crippen LogP contribution in [0.3, 0.4) is 0 Å². The van der Waals surface area contributed by atoms with Gasteiger partial charge in [-0.3, -0.25) is 9.69 Å². The maximum Gasteiger partial charge on any atom is 0.227 e. The smallest absolute Gasteiger partial charge is 0.227 e. The number of fused-ring (bicyclic) bond motifs is 1. The van der Waals surface area contributed by atoms with Crippen molar-refractivity contribution in [3.05, 3.63) is 35.4 Å². The van der Waals surface area contributed by atoms with Crippen LogP contribution in [0.4, 0.5) is 0 Å². The fourth-order valence-corrected chi connectivity index (χ4v) is 3.56. The highest BCUT2D eigenvalue weighted by molar-refractivity contribution is 5.82. The van der Waals surface area contributed by atoms with Crippen molar-refractivity contribution in [1.29, 1.82) is 0 Å². The second-order valence-electron chi connectivity index (χ2n) is 7.63. The first-order valence-corrected chi connectivity index (χ1v) is 9.18. The number of hydrogen-bond donors (Lipinski definition) is 2. The third-order valence-electron chi connectivity index (χ3n) is 5.89. The summed E-state index contributed by atoms with van der Waals surface area (Å²) in [6.07, 6.45) is 2.64. The summed E-state index contributed by atoms with van der Waals surface area (Å²) < 4.78 is 0. The quantitative estimate of drug-likeness (QED) is 0.808. The van der Waals surface area contributed by atoms with Gasteiger partial charge in [-0.2, -0.15) is 0 Å². The summed E-state index contributed by atoms with van der Waals surface area (Å²) in [5.74, 6) is 0.0977. The molecule has 0 radical (unpaired) electrons. The van der Waals surface area contributed by atoms with Crippen LogP contribution in [-0.2, 0) is 17.8 Å². The zero-order valence-corrected chi connectivity index (χ0v) is 15.7. The molecule has 1 aliphatic heterocycles. The Morgan fingerprint density at radius 1 is 1.21 bits per heavy atom. The number of rotatable bonds is 7. The number of carbonyl (C=O) groups excluding carboxylic acids is 1. The highest BCUT2D eigenvalue weighted by Crippen LogP contribution is 2.27. The van der Waals surface area contributed by atoms with E-state index >= 15 is 0 Å². The highest BCUT2D eigenvalue weighted by Gasteiger charge is 2.36. The molecule has 1 heterocycles. The molecule has 3 N–H and O–H groups in total. The minimum absolute atomic E-state index is 0.0784. The second-order valence-corrected chi connectivity index (χ2v) is 7.63. The number of nitrogens with two attached hydrogens (primary N) is 1. The molecule has 0 unspecified atom stereocenters. The van der Waals surface area contributed by atoms with Crippen LogP contribution in [-0.4, -0.2) is 36.0 Å². The van der Waals surface area contributed by atoms with E-state index in [1.54, 1.807) is 0 Å². The first-order chi connectivity index (χ1) is 11.4. The molecule has 2 rings (SSSR count). The van der Waals surface area contributed by atoms with Gasteiger partial charge in [-0.25, -0.2) is 0 Å². The molecule has 0 atom stereocenters. The van der Waals surface area contributed by atoms with Gasteiger partial charge < -0.3 is 11.1 Å². The number of hydrogen-bond acceptors (Lipinski definition) is 3. The zero-order chi connectivity index (χ0) is 17.8. The molecule has 0 aliphatic carbocycles. The molecule has 1 amide bonds. The van der Waals surface area contributed by atoms with Crippen LogP contribution in [0.15, 0.2) is 24.3 Å². The summed E-state index contributed by atoms with van der Waals surface area (Å²) in [4.78, 5) is 15.1. The highest BCUT2D eigenvalue weighted by atomic mass is 16.2. The normalized spacial score (nSPS) is 15.9. The van der Waals surface area contributed by atoms with E-state index in [-0.39, 0.29) is 11.4 Å². The van der Waals surface area contributed by atoms with Gasteiger partial charge in [0.2, 0.25) is 5.91 Å². The van der Waals surface area contributed by atoms with Crippen molar-refractivity contribution in [2.75, 3.05) is 19.6 Å². The fraction of sp³-hybridized carbons (Fsp3) is 0.650. The second kappa shape index (κ2) is 7.66. The van der Waals surface area contributed by atoms with Crippen molar-refractivity contribution in [1.82, 2.24) is 10.2 Å². The molecular weight excluding hydrogens is 298 g/mol. The molecule has 1 aromatic rings. The Balaban J connectivity index is 2.00. The SMILES string of the molecule is CCC(CC)(CN)C(=O)NCC(C)(C)N1CCc2ccccc2C1. The van der Waals surface area contributed by atoms with Crippen LogP contribution in [0, 0.1) is 5.41 Å². The van der Waals surface area contributed by atoms with Crippen molar-refractivity contribution >= 4 is 5.91 Å². The van der Waals surface area contributed by atoms with Crippen LogP contribution in [0.2, 0.25) is 0 Å². The molecule has 0 spiro atoms. The molecule has 1 aromatic carbocycles. The Bertz CT molecular complexity index is 555. The van der Waals surface area contributed by atoms with E-state index < -0.39 is 5.41 Å². The molecule has 24 heavy (non-hydrogen) atoms. The van der Waals surface area contributed by atoms with E-state index in [9.17, 15) is 4.79 Å². The Morgan fingerprint density at radius 3 is 2.42 bits per heavy atom. The summed E-state index contributed by atoms with van der Waals surface area (Å²) in [5.41, 5.74) is 8.25. The van der Waals surface area contributed by atoms with E-state index in [1.165, 1.54) is 11.1 Å². The monoisotopic (exact) mass is 331 g/mol. The fourth-order valence-electron chi connectivity index (χ4n) is 3.56. The van der Waals surface area contributed by atoms with Gasteiger partial charge in [0.1, 0.15) is 0 Å². The van der Waals surface area contributed by atoms with Crippen molar-refractivity contribution < 1.29 is 4.79 Å². The predicted molar refractivity (Wildman–Crippen MR) is 99.7 cm³/mol. The largest absolute Gasteiger partial charge is 0.354 e. The lowest BCUT2D eigenvalue weighted by molar-refractivity contribution is -0.131. The number of nitrogens with zero attached hydrogens (tertiary/aromatic N) is 1. The molecule has 0 saturated heterocycles. The molecule has 134 valence electrons. The van der Waals surface area contributed by atoms with Gasteiger partial charge in [-0.15, -0.1) is 0 Å². The van der Waals surface area contributed by atoms with Crippen LogP contribution in [0.25, 0.3) is 0 Å². The molecule has 4 heteroatoms. The lowest BCUT2D eigenvalue weighted by Gasteiger charge is -2.42. The van der Waals surface area contributed by atoms with E-state index in [0.29, 0.717) is 13.1 Å². The van der Waals surface area contributed by atoms with Gasteiger partial charge in [0, 0.05) is 31.7 Å². The van der Waals surface area contributed by atoms with Crippen LogP contribution >= 0.6 is 0 Å².